The Balaban J connectivity index is 0.000000167. The standard InChI is InChI=1S/C41H29N3.C36H25BrN2.C5H6BNO2.CH4.2H2/c1-2-9-30(10-3-1)31-16-20-34(21-17-31)43(35-22-18-32(19-23-35)33-11-8-28-42-29-33)36-24-26-37(27-25-36)44-40-14-6-4-12-38(40)39-13-5-7-15-41(39)44;37-28-16-20-30(21-17-28)38(29-18-14-27(15-19-29)26-8-2-1-3-9-26)31-22-24-32(25-23-31)39-35-12-6-4-10-33(35)34-11-5-7-13-36(34)39;8-6(9)5-2-1-3-7-4-5;;;/h1-29H;1-25H;1-4,8-9H;1H4;2*1H. The van der Waals surface area contributed by atoms with Crippen molar-refractivity contribution in [2.45, 2.75) is 7.43 Å². The van der Waals surface area contributed by atoms with Crippen LogP contribution in [0.1, 0.15) is 10.3 Å². The monoisotopic (exact) mass is 1270 g/mol. The molecule has 452 valence electrons. The Morgan fingerprint density at radius 2 is 0.570 bits per heavy atom. The molecular formula is C83H68BBrN6O2. The van der Waals surface area contributed by atoms with E-state index in [9.17, 15) is 0 Å². The van der Waals surface area contributed by atoms with E-state index in [0.717, 1.165) is 61.1 Å². The van der Waals surface area contributed by atoms with Gasteiger partial charge in [-0.25, -0.2) is 0 Å². The van der Waals surface area contributed by atoms with Crippen molar-refractivity contribution < 1.29 is 12.9 Å². The number of aromatic nitrogens is 4. The van der Waals surface area contributed by atoms with E-state index in [1.165, 1.54) is 72.1 Å². The molecule has 0 spiro atoms. The van der Waals surface area contributed by atoms with E-state index in [0.29, 0.717) is 5.46 Å². The first-order valence-corrected chi connectivity index (χ1v) is 31.3. The Morgan fingerprint density at radius 1 is 0.290 bits per heavy atom. The number of benzene rings is 12. The van der Waals surface area contributed by atoms with Crippen molar-refractivity contribution in [1.82, 2.24) is 19.1 Å². The van der Waals surface area contributed by atoms with Gasteiger partial charge in [0.25, 0.3) is 0 Å². The van der Waals surface area contributed by atoms with Crippen molar-refractivity contribution in [3.63, 3.8) is 0 Å². The molecule has 10 heteroatoms. The number of halogens is 1. The fourth-order valence-corrected chi connectivity index (χ4v) is 12.4. The molecule has 4 aromatic heterocycles. The van der Waals surface area contributed by atoms with Crippen molar-refractivity contribution in [3.8, 4) is 44.8 Å². The van der Waals surface area contributed by atoms with Crippen LogP contribution in [0.25, 0.3) is 88.4 Å². The van der Waals surface area contributed by atoms with Gasteiger partial charge in [0.2, 0.25) is 0 Å². The quantitative estimate of drug-likeness (QED) is 0.119. The predicted octanol–water partition coefficient (Wildman–Crippen LogP) is 21.6. The van der Waals surface area contributed by atoms with Crippen LogP contribution in [-0.2, 0) is 0 Å². The molecule has 0 saturated heterocycles. The Kier molecular flexibility index (Phi) is 18.1. The second-order valence-corrected chi connectivity index (χ2v) is 23.1. The summed E-state index contributed by atoms with van der Waals surface area (Å²) in [5, 5.41) is 22.1. The highest BCUT2D eigenvalue weighted by Gasteiger charge is 2.19. The maximum Gasteiger partial charge on any atom is 0.490 e. The summed E-state index contributed by atoms with van der Waals surface area (Å²) in [6.07, 6.45) is 6.70. The van der Waals surface area contributed by atoms with Gasteiger partial charge in [0.05, 0.1) is 22.1 Å². The lowest BCUT2D eigenvalue weighted by Gasteiger charge is -2.26. The second-order valence-electron chi connectivity index (χ2n) is 22.2. The molecule has 0 radical (unpaired) electrons. The van der Waals surface area contributed by atoms with Gasteiger partial charge in [0, 0.05) is 105 Å². The molecule has 16 rings (SSSR count). The Hall–Kier alpha value is -11.4. The molecule has 2 N–H and O–H groups in total. The van der Waals surface area contributed by atoms with Gasteiger partial charge >= 0.3 is 7.12 Å². The molecular weight excluding hydrogens is 1200 g/mol. The lowest BCUT2D eigenvalue weighted by molar-refractivity contribution is 0.425. The molecule has 0 amide bonds. The Bertz CT molecular complexity index is 4920. The van der Waals surface area contributed by atoms with Crippen LogP contribution in [0.2, 0.25) is 0 Å². The summed E-state index contributed by atoms with van der Waals surface area (Å²) in [7, 11) is -1.40. The number of pyridine rings is 2. The lowest BCUT2D eigenvalue weighted by atomic mass is 9.82. The number of hydrogen-bond acceptors (Lipinski definition) is 6. The average Bonchev–Trinajstić information content (AvgIpc) is 1.63. The highest BCUT2D eigenvalue weighted by Crippen LogP contribution is 2.41. The van der Waals surface area contributed by atoms with Gasteiger partial charge in [0.1, 0.15) is 0 Å². The second kappa shape index (κ2) is 27.8. The van der Waals surface area contributed by atoms with Crippen molar-refractivity contribution >= 4 is 106 Å². The molecule has 0 atom stereocenters. The summed E-state index contributed by atoms with van der Waals surface area (Å²) in [5.74, 6) is 0. The number of nitrogens with zero attached hydrogens (tertiary/aromatic N) is 6. The van der Waals surface area contributed by atoms with E-state index in [2.05, 4.69) is 354 Å². The summed E-state index contributed by atoms with van der Waals surface area (Å²) in [6.45, 7) is 0. The zero-order chi connectivity index (χ0) is 62.2. The molecule has 8 nitrogen and oxygen atoms in total. The van der Waals surface area contributed by atoms with Gasteiger partial charge in [-0.15, -0.1) is 0 Å². The summed E-state index contributed by atoms with van der Waals surface area (Å²) in [6, 6.07) is 115. The van der Waals surface area contributed by atoms with Crippen LogP contribution in [0.3, 0.4) is 0 Å². The normalized spacial score (nSPS) is 10.9. The van der Waals surface area contributed by atoms with E-state index in [1.807, 2.05) is 18.5 Å². The van der Waals surface area contributed by atoms with Crippen LogP contribution in [0.4, 0.5) is 34.1 Å². The molecule has 0 aliphatic carbocycles. The van der Waals surface area contributed by atoms with E-state index < -0.39 is 7.12 Å². The first-order valence-electron chi connectivity index (χ1n) is 30.5. The van der Waals surface area contributed by atoms with Gasteiger partial charge in [-0.1, -0.05) is 205 Å². The Labute approximate surface area is 553 Å². The smallest absolute Gasteiger partial charge is 0.423 e. The number of fused-ring (bicyclic) bond motifs is 6. The van der Waals surface area contributed by atoms with Crippen LogP contribution >= 0.6 is 15.9 Å². The minimum absolute atomic E-state index is 0. The molecule has 93 heavy (non-hydrogen) atoms. The summed E-state index contributed by atoms with van der Waals surface area (Å²) >= 11 is 3.59. The summed E-state index contributed by atoms with van der Waals surface area (Å²) in [5.41, 5.74) is 21.2. The number of hydrogen-bond donors (Lipinski definition) is 2. The first-order chi connectivity index (χ1) is 45.4. The minimum atomic E-state index is -1.40. The summed E-state index contributed by atoms with van der Waals surface area (Å²) in [4.78, 5) is 12.6. The van der Waals surface area contributed by atoms with Crippen LogP contribution in [0.15, 0.2) is 357 Å². The number of rotatable bonds is 12. The van der Waals surface area contributed by atoms with Gasteiger partial charge in [-0.05, 0) is 179 Å². The van der Waals surface area contributed by atoms with Gasteiger partial charge in [-0.2, -0.15) is 0 Å². The zero-order valence-corrected chi connectivity index (χ0v) is 51.6. The van der Waals surface area contributed by atoms with Gasteiger partial charge < -0.3 is 29.0 Å². The fourth-order valence-electron chi connectivity index (χ4n) is 12.1. The molecule has 0 unspecified atom stereocenters. The molecule has 0 saturated carbocycles. The third-order valence-corrected chi connectivity index (χ3v) is 17.1. The fraction of sp³-hybridized carbons (Fsp3) is 0.0120. The molecule has 0 fully saturated rings. The molecule has 0 aliphatic rings. The topological polar surface area (TPSA) is 82.6 Å². The predicted molar refractivity (Wildman–Crippen MR) is 398 cm³/mol. The van der Waals surface area contributed by atoms with Crippen molar-refractivity contribution in [2.75, 3.05) is 9.80 Å². The van der Waals surface area contributed by atoms with E-state index in [4.69, 9.17) is 10.0 Å². The molecule has 4 heterocycles. The van der Waals surface area contributed by atoms with Crippen LogP contribution in [0.5, 0.6) is 0 Å². The van der Waals surface area contributed by atoms with Crippen LogP contribution < -0.4 is 15.3 Å². The van der Waals surface area contributed by atoms with E-state index in [-0.39, 0.29) is 10.3 Å². The third kappa shape index (κ3) is 12.9. The zero-order valence-electron chi connectivity index (χ0n) is 50.0. The van der Waals surface area contributed by atoms with Gasteiger partial charge in [0.15, 0.2) is 0 Å². The van der Waals surface area contributed by atoms with Crippen molar-refractivity contribution in [1.29, 1.82) is 0 Å². The number of anilines is 6. The first kappa shape index (κ1) is 60.5. The summed E-state index contributed by atoms with van der Waals surface area (Å²) < 4.78 is 5.77. The van der Waals surface area contributed by atoms with E-state index in [1.54, 1.807) is 18.3 Å². The third-order valence-electron chi connectivity index (χ3n) is 16.5. The highest BCUT2D eigenvalue weighted by molar-refractivity contribution is 9.10. The van der Waals surface area contributed by atoms with Crippen molar-refractivity contribution in [2.24, 2.45) is 0 Å². The molecule has 12 aromatic carbocycles. The SMILES string of the molecule is Brc1ccc(N(c2ccc(-c3ccccc3)cc2)c2ccc(-n3c4ccccc4c4ccccc43)cc2)cc1.C.OB(O)c1cccnc1.[HH].[HH].c1ccc(-c2ccc(N(c3ccc(-c4cccnc4)cc3)c3ccc(-n4c5ccccc5c5ccccc54)cc3)cc2)cc1. The van der Waals surface area contributed by atoms with Gasteiger partial charge in [-0.3, -0.25) is 9.97 Å². The molecule has 0 aliphatic heterocycles. The van der Waals surface area contributed by atoms with E-state index >= 15 is 0 Å². The molecule has 16 aromatic rings. The maximum absolute atomic E-state index is 8.54. The van der Waals surface area contributed by atoms with Crippen molar-refractivity contribution in [3.05, 3.63) is 357 Å². The Morgan fingerprint density at radius 3 is 0.882 bits per heavy atom. The van der Waals surface area contributed by atoms with Crippen LogP contribution in [-0.4, -0.2) is 36.3 Å². The maximum atomic E-state index is 8.54. The molecule has 0 bridgehead atoms. The minimum Gasteiger partial charge on any atom is -0.423 e. The number of para-hydroxylation sites is 4. The lowest BCUT2D eigenvalue weighted by Crippen LogP contribution is -2.29. The average molecular weight is 1270 g/mol. The van der Waals surface area contributed by atoms with Crippen LogP contribution in [0, 0.1) is 0 Å². The highest BCUT2D eigenvalue weighted by atomic mass is 79.9. The largest absolute Gasteiger partial charge is 0.490 e.